The lowest BCUT2D eigenvalue weighted by atomic mass is 10.0. The smallest absolute Gasteiger partial charge is 0.257 e. The molecule has 0 bridgehead atoms. The van der Waals surface area contributed by atoms with Crippen LogP contribution in [0, 0.1) is 0 Å². The van der Waals surface area contributed by atoms with E-state index in [-0.39, 0.29) is 23.3 Å². The van der Waals surface area contributed by atoms with E-state index >= 15 is 0 Å². The highest BCUT2D eigenvalue weighted by Gasteiger charge is 2.10. The first-order valence-corrected chi connectivity index (χ1v) is 9.57. The number of amides is 2. The van der Waals surface area contributed by atoms with Gasteiger partial charge in [-0.05, 0) is 59.7 Å². The Hall–Kier alpha value is -3.45. The van der Waals surface area contributed by atoms with Gasteiger partial charge in [0.05, 0.1) is 13.0 Å². The van der Waals surface area contributed by atoms with Crippen molar-refractivity contribution in [3.05, 3.63) is 77.9 Å². The minimum atomic E-state index is -0.381. The molecule has 0 fully saturated rings. The number of benzene rings is 3. The summed E-state index contributed by atoms with van der Waals surface area (Å²) in [4.78, 5) is 24.5. The lowest BCUT2D eigenvalue weighted by Gasteiger charge is -2.12. The molecule has 0 unspecified atom stereocenters. The van der Waals surface area contributed by atoms with E-state index in [0.29, 0.717) is 17.9 Å². The minimum absolute atomic E-state index is 0.00940. The topological polar surface area (TPSA) is 79.5 Å². The number of hydrazine groups is 1. The first kappa shape index (κ1) is 20.3. The van der Waals surface area contributed by atoms with Crippen LogP contribution in [0.2, 0.25) is 0 Å². The summed E-state index contributed by atoms with van der Waals surface area (Å²) in [6.07, 6.45) is 0.184. The van der Waals surface area contributed by atoms with Crippen molar-refractivity contribution in [3.63, 3.8) is 0 Å². The zero-order valence-electron chi connectivity index (χ0n) is 15.9. The first-order valence-electron chi connectivity index (χ1n) is 9.16. The Morgan fingerprint density at radius 2 is 1.66 bits per heavy atom. The average Bonchev–Trinajstić information content (AvgIpc) is 2.73. The molecule has 0 saturated carbocycles. The molecule has 3 rings (SSSR count). The van der Waals surface area contributed by atoms with E-state index in [1.807, 2.05) is 49.4 Å². The van der Waals surface area contributed by atoms with Crippen molar-refractivity contribution < 1.29 is 14.3 Å². The molecular formula is C22H21N3O3S. The Balaban J connectivity index is 1.50. The van der Waals surface area contributed by atoms with Gasteiger partial charge in [-0.1, -0.05) is 42.5 Å². The summed E-state index contributed by atoms with van der Waals surface area (Å²) in [5, 5.41) is 4.63. The van der Waals surface area contributed by atoms with Crippen LogP contribution in [0.4, 0.5) is 0 Å². The molecule has 0 spiro atoms. The van der Waals surface area contributed by atoms with Crippen molar-refractivity contribution in [3.8, 4) is 5.75 Å². The molecule has 0 radical (unpaired) electrons. The predicted octanol–water partition coefficient (Wildman–Crippen LogP) is 3.12. The molecule has 148 valence electrons. The lowest BCUT2D eigenvalue weighted by Crippen LogP contribution is -2.48. The molecule has 3 aromatic rings. The van der Waals surface area contributed by atoms with Crippen LogP contribution >= 0.6 is 12.2 Å². The lowest BCUT2D eigenvalue weighted by molar-refractivity contribution is -0.121. The van der Waals surface area contributed by atoms with Crippen LogP contribution in [0.3, 0.4) is 0 Å². The number of hydrogen-bond acceptors (Lipinski definition) is 4. The molecule has 0 aliphatic carbocycles. The van der Waals surface area contributed by atoms with Crippen molar-refractivity contribution in [2.75, 3.05) is 6.61 Å². The van der Waals surface area contributed by atoms with Gasteiger partial charge in [-0.25, -0.2) is 0 Å². The number of fused-ring (bicyclic) bond motifs is 1. The quantitative estimate of drug-likeness (QED) is 0.447. The van der Waals surface area contributed by atoms with Crippen molar-refractivity contribution in [1.29, 1.82) is 0 Å². The van der Waals surface area contributed by atoms with Crippen molar-refractivity contribution in [2.24, 2.45) is 0 Å². The number of rotatable bonds is 5. The summed E-state index contributed by atoms with van der Waals surface area (Å²) < 4.78 is 5.34. The maximum atomic E-state index is 12.3. The van der Waals surface area contributed by atoms with E-state index in [1.165, 1.54) is 0 Å². The molecule has 2 amide bonds. The van der Waals surface area contributed by atoms with Crippen LogP contribution in [0.5, 0.6) is 5.75 Å². The molecule has 0 heterocycles. The molecule has 0 saturated heterocycles. The van der Waals surface area contributed by atoms with Gasteiger partial charge in [0.1, 0.15) is 5.75 Å². The van der Waals surface area contributed by atoms with Crippen LogP contribution in [0.1, 0.15) is 22.8 Å². The highest BCUT2D eigenvalue weighted by atomic mass is 32.1. The van der Waals surface area contributed by atoms with Crippen LogP contribution in [-0.4, -0.2) is 23.5 Å². The summed E-state index contributed by atoms with van der Waals surface area (Å²) in [5.74, 6) is 0.0401. The third kappa shape index (κ3) is 5.52. The van der Waals surface area contributed by atoms with Gasteiger partial charge >= 0.3 is 0 Å². The molecule has 0 aliphatic rings. The number of carbonyl (C=O) groups is 2. The second-order valence-electron chi connectivity index (χ2n) is 6.23. The molecule has 3 aromatic carbocycles. The monoisotopic (exact) mass is 407 g/mol. The molecule has 7 heteroatoms. The highest BCUT2D eigenvalue weighted by Crippen LogP contribution is 2.18. The van der Waals surface area contributed by atoms with E-state index in [0.717, 1.165) is 16.3 Å². The number of thiocarbonyl (C=S) groups is 1. The number of carbonyl (C=O) groups excluding carboxylic acids is 2. The third-order valence-electron chi connectivity index (χ3n) is 4.20. The van der Waals surface area contributed by atoms with Crippen LogP contribution in [-0.2, 0) is 11.2 Å². The zero-order chi connectivity index (χ0) is 20.6. The largest absolute Gasteiger partial charge is 0.494 e. The summed E-state index contributed by atoms with van der Waals surface area (Å²) in [6.45, 7) is 2.44. The van der Waals surface area contributed by atoms with Crippen molar-refractivity contribution in [2.45, 2.75) is 13.3 Å². The standard InChI is InChI=1S/C22H21N3O3S/c1-2-28-18-12-10-16(11-13-18)21(27)23-22(29)25-24-20(26)14-17-8-5-7-15-6-3-4-9-19(15)17/h3-13H,2,14H2,1H3,(H,24,26)(H2,23,25,27,29). The normalized spacial score (nSPS) is 10.2. The summed E-state index contributed by atoms with van der Waals surface area (Å²) in [6, 6.07) is 20.4. The van der Waals surface area contributed by atoms with Gasteiger partial charge in [0.25, 0.3) is 5.91 Å². The Morgan fingerprint density at radius 1 is 0.931 bits per heavy atom. The number of hydrogen-bond donors (Lipinski definition) is 3. The van der Waals surface area contributed by atoms with E-state index in [2.05, 4.69) is 16.2 Å². The first-order chi connectivity index (χ1) is 14.1. The maximum Gasteiger partial charge on any atom is 0.257 e. The molecule has 6 nitrogen and oxygen atoms in total. The van der Waals surface area contributed by atoms with Gasteiger partial charge in [0.2, 0.25) is 5.91 Å². The molecule has 3 N–H and O–H groups in total. The summed E-state index contributed by atoms with van der Waals surface area (Å²) >= 11 is 5.08. The number of nitrogens with one attached hydrogen (secondary N) is 3. The molecule has 29 heavy (non-hydrogen) atoms. The van der Waals surface area contributed by atoms with E-state index in [4.69, 9.17) is 17.0 Å². The average molecular weight is 407 g/mol. The minimum Gasteiger partial charge on any atom is -0.494 e. The van der Waals surface area contributed by atoms with E-state index in [1.54, 1.807) is 24.3 Å². The second-order valence-corrected chi connectivity index (χ2v) is 6.64. The Kier molecular flexibility index (Phi) is 6.76. The Bertz CT molecular complexity index is 1030. The molecule has 0 atom stereocenters. The summed E-state index contributed by atoms with van der Waals surface area (Å²) in [7, 11) is 0. The predicted molar refractivity (Wildman–Crippen MR) is 117 cm³/mol. The van der Waals surface area contributed by atoms with Gasteiger partial charge in [-0.2, -0.15) is 0 Å². The van der Waals surface area contributed by atoms with Crippen molar-refractivity contribution in [1.82, 2.24) is 16.2 Å². The van der Waals surface area contributed by atoms with Crippen LogP contribution in [0.15, 0.2) is 66.7 Å². The second kappa shape index (κ2) is 9.66. The van der Waals surface area contributed by atoms with Crippen LogP contribution < -0.4 is 20.9 Å². The van der Waals surface area contributed by atoms with Gasteiger partial charge in [0.15, 0.2) is 5.11 Å². The molecule has 0 aromatic heterocycles. The highest BCUT2D eigenvalue weighted by molar-refractivity contribution is 7.80. The number of ether oxygens (including phenoxy) is 1. The fourth-order valence-electron chi connectivity index (χ4n) is 2.87. The van der Waals surface area contributed by atoms with E-state index < -0.39 is 0 Å². The fraction of sp³-hybridized carbons (Fsp3) is 0.136. The Labute approximate surface area is 174 Å². The van der Waals surface area contributed by atoms with Gasteiger partial charge in [0, 0.05) is 5.56 Å². The van der Waals surface area contributed by atoms with Gasteiger partial charge in [-0.3, -0.25) is 25.8 Å². The molecule has 0 aliphatic heterocycles. The zero-order valence-corrected chi connectivity index (χ0v) is 16.7. The maximum absolute atomic E-state index is 12.3. The molecular weight excluding hydrogens is 386 g/mol. The summed E-state index contributed by atoms with van der Waals surface area (Å²) in [5.41, 5.74) is 6.41. The van der Waals surface area contributed by atoms with Gasteiger partial charge < -0.3 is 4.74 Å². The van der Waals surface area contributed by atoms with Crippen molar-refractivity contribution >= 4 is 39.9 Å². The SMILES string of the molecule is CCOc1ccc(C(=O)NC(=S)NNC(=O)Cc2cccc3ccccc23)cc1. The fourth-order valence-corrected chi connectivity index (χ4v) is 3.01. The Morgan fingerprint density at radius 3 is 2.41 bits per heavy atom. The van der Waals surface area contributed by atoms with Gasteiger partial charge in [-0.15, -0.1) is 0 Å². The van der Waals surface area contributed by atoms with Crippen LogP contribution in [0.25, 0.3) is 10.8 Å². The third-order valence-corrected chi connectivity index (χ3v) is 4.41. The van der Waals surface area contributed by atoms with E-state index in [9.17, 15) is 9.59 Å².